The predicted octanol–water partition coefficient (Wildman–Crippen LogP) is 4.77. The first-order chi connectivity index (χ1) is 24.4. The Morgan fingerprint density at radius 3 is 1.84 bits per heavy atom. The van der Waals surface area contributed by atoms with Gasteiger partial charge in [-0.1, -0.05) is 95.5 Å². The van der Waals surface area contributed by atoms with Crippen LogP contribution in [0, 0.1) is 23.7 Å². The third kappa shape index (κ3) is 12.4. The highest BCUT2D eigenvalue weighted by Crippen LogP contribution is 2.30. The quantitative estimate of drug-likeness (QED) is 0.102. The molecular formula is C38H55N5O8. The maximum absolute atomic E-state index is 14.7. The Kier molecular flexibility index (Phi) is 16.4. The zero-order valence-electron chi connectivity index (χ0n) is 30.6. The van der Waals surface area contributed by atoms with Gasteiger partial charge in [-0.2, -0.15) is 0 Å². The van der Waals surface area contributed by atoms with E-state index < -0.39 is 60.0 Å². The van der Waals surface area contributed by atoms with Crippen LogP contribution >= 0.6 is 0 Å². The lowest BCUT2D eigenvalue weighted by atomic mass is 9.80. The lowest BCUT2D eigenvalue weighted by Gasteiger charge is -2.38. The van der Waals surface area contributed by atoms with Crippen LogP contribution < -0.4 is 21.8 Å². The van der Waals surface area contributed by atoms with Gasteiger partial charge in [-0.05, 0) is 48.3 Å². The molecule has 0 aliphatic heterocycles. The monoisotopic (exact) mass is 709 g/mol. The topological polar surface area (TPSA) is 178 Å². The first-order valence-corrected chi connectivity index (χ1v) is 17.7. The fourth-order valence-electron chi connectivity index (χ4n) is 6.45. The van der Waals surface area contributed by atoms with Crippen molar-refractivity contribution in [1.29, 1.82) is 0 Å². The number of nitrogens with two attached hydrogens (primary N) is 1. The van der Waals surface area contributed by atoms with Gasteiger partial charge in [-0.15, -0.1) is 0 Å². The van der Waals surface area contributed by atoms with Crippen molar-refractivity contribution in [2.24, 2.45) is 29.4 Å². The van der Waals surface area contributed by atoms with Gasteiger partial charge in [0.1, 0.15) is 12.1 Å². The summed E-state index contributed by atoms with van der Waals surface area (Å²) in [4.78, 5) is 67.0. The van der Waals surface area contributed by atoms with E-state index >= 15 is 0 Å². The number of hydrogen-bond donors (Lipinski definition) is 4. The van der Waals surface area contributed by atoms with Gasteiger partial charge in [0.05, 0.1) is 38.3 Å². The summed E-state index contributed by atoms with van der Waals surface area (Å²) in [5, 5.41) is 6.93. The molecule has 0 saturated heterocycles. The SMILES string of the molecule is COC(=O)N[C@H](C(=O)NN(CC1CCCCC1)C[C@H](OC(=O)c1ccccc1)C(C(=O)[C@@H](NC(=O)OC)C(C)C)C(N)c1ccccc1)C(C)C. The molecule has 1 aliphatic carbocycles. The third-order valence-corrected chi connectivity index (χ3v) is 9.28. The molecule has 0 spiro atoms. The summed E-state index contributed by atoms with van der Waals surface area (Å²) >= 11 is 0. The molecule has 3 rings (SSSR count). The molecule has 51 heavy (non-hydrogen) atoms. The predicted molar refractivity (Wildman–Crippen MR) is 192 cm³/mol. The number of amides is 3. The maximum Gasteiger partial charge on any atom is 0.407 e. The highest BCUT2D eigenvalue weighted by Gasteiger charge is 2.43. The van der Waals surface area contributed by atoms with Crippen molar-refractivity contribution in [3.63, 3.8) is 0 Å². The van der Waals surface area contributed by atoms with Crippen molar-refractivity contribution in [3.05, 3.63) is 71.8 Å². The van der Waals surface area contributed by atoms with E-state index in [1.54, 1.807) is 87.3 Å². The molecule has 0 aromatic heterocycles. The summed E-state index contributed by atoms with van der Waals surface area (Å²) in [6.07, 6.45) is 2.28. The Morgan fingerprint density at radius 1 is 0.784 bits per heavy atom. The summed E-state index contributed by atoms with van der Waals surface area (Å²) in [6.45, 7) is 7.43. The van der Waals surface area contributed by atoms with Crippen molar-refractivity contribution in [2.75, 3.05) is 27.3 Å². The number of benzene rings is 2. The summed E-state index contributed by atoms with van der Waals surface area (Å²) < 4.78 is 15.9. The zero-order valence-corrected chi connectivity index (χ0v) is 30.6. The number of nitrogens with one attached hydrogen (secondary N) is 3. The Morgan fingerprint density at radius 2 is 1.31 bits per heavy atom. The molecule has 5 N–H and O–H groups in total. The zero-order chi connectivity index (χ0) is 37.5. The number of rotatable bonds is 17. The van der Waals surface area contributed by atoms with Crippen molar-refractivity contribution >= 4 is 29.8 Å². The van der Waals surface area contributed by atoms with E-state index in [2.05, 4.69) is 16.1 Å². The number of Topliss-reactive ketones (excluding diaryl/α,β-unsaturated/α-hetero) is 1. The van der Waals surface area contributed by atoms with E-state index in [1.165, 1.54) is 14.2 Å². The van der Waals surface area contributed by atoms with Crippen LogP contribution in [-0.2, 0) is 23.8 Å². The van der Waals surface area contributed by atoms with Crippen LogP contribution in [0.25, 0.3) is 0 Å². The maximum atomic E-state index is 14.7. The Balaban J connectivity index is 2.14. The molecule has 13 nitrogen and oxygen atoms in total. The van der Waals surface area contributed by atoms with Crippen LogP contribution in [0.3, 0.4) is 0 Å². The minimum Gasteiger partial charge on any atom is -0.456 e. The highest BCUT2D eigenvalue weighted by atomic mass is 16.5. The van der Waals surface area contributed by atoms with Crippen molar-refractivity contribution in [1.82, 2.24) is 21.1 Å². The van der Waals surface area contributed by atoms with E-state index in [1.807, 2.05) is 6.07 Å². The fraction of sp³-hybridized carbons (Fsp3) is 0.553. The second-order valence-electron chi connectivity index (χ2n) is 13.8. The van der Waals surface area contributed by atoms with Gasteiger partial charge in [0.2, 0.25) is 0 Å². The summed E-state index contributed by atoms with van der Waals surface area (Å²) in [5.74, 6) is -3.32. The standard InChI is InChI=1S/C38H55N5O8/c1-24(2)32(40-37(47)49-5)34(44)30(31(39)27-18-12-8-13-19-27)29(51-36(46)28-20-14-9-15-21-28)23-43(22-26-16-10-7-11-17-26)42-35(45)33(25(3)4)41-38(48)50-6/h8-9,12-15,18-21,24-26,29-33H,7,10-11,16-17,22-23,39H2,1-6H3,(H,40,47)(H,41,48)(H,42,45)/t29-,30?,31?,32-,33-/m0/s1. The van der Waals surface area contributed by atoms with E-state index in [0.717, 1.165) is 32.1 Å². The molecule has 2 aromatic rings. The van der Waals surface area contributed by atoms with Gasteiger partial charge in [0.15, 0.2) is 5.78 Å². The van der Waals surface area contributed by atoms with Gasteiger partial charge >= 0.3 is 18.2 Å². The number of carbonyl (C=O) groups is 5. The van der Waals surface area contributed by atoms with Gasteiger partial charge in [0, 0.05) is 12.6 Å². The van der Waals surface area contributed by atoms with Gasteiger partial charge < -0.3 is 30.6 Å². The average molecular weight is 710 g/mol. The first-order valence-electron chi connectivity index (χ1n) is 17.7. The minimum atomic E-state index is -1.21. The number of alkyl carbamates (subject to hydrolysis) is 2. The van der Waals surface area contributed by atoms with Crippen LogP contribution in [0.15, 0.2) is 60.7 Å². The average Bonchev–Trinajstić information content (AvgIpc) is 3.13. The molecular weight excluding hydrogens is 654 g/mol. The molecule has 0 bridgehead atoms. The number of methoxy groups -OCH3 is 2. The molecule has 1 aliphatic rings. The molecule has 280 valence electrons. The second-order valence-corrected chi connectivity index (χ2v) is 13.8. The van der Waals surface area contributed by atoms with Gasteiger partial charge in [-0.3, -0.25) is 15.0 Å². The molecule has 13 heteroatoms. The Labute approximate surface area is 301 Å². The number of carbonyl (C=O) groups excluding carboxylic acids is 5. The summed E-state index contributed by atoms with van der Waals surface area (Å²) in [5.41, 5.74) is 10.8. The van der Waals surface area contributed by atoms with E-state index in [0.29, 0.717) is 12.1 Å². The van der Waals surface area contributed by atoms with Crippen molar-refractivity contribution in [3.8, 4) is 0 Å². The second kappa shape index (κ2) is 20.4. The lowest BCUT2D eigenvalue weighted by molar-refractivity contribution is -0.133. The van der Waals surface area contributed by atoms with E-state index in [4.69, 9.17) is 19.9 Å². The van der Waals surface area contributed by atoms with Gasteiger partial charge in [-0.25, -0.2) is 19.4 Å². The third-order valence-electron chi connectivity index (χ3n) is 9.28. The van der Waals surface area contributed by atoms with Crippen LogP contribution in [-0.4, -0.2) is 80.4 Å². The molecule has 1 saturated carbocycles. The van der Waals surface area contributed by atoms with Gasteiger partial charge in [0.25, 0.3) is 5.91 Å². The molecule has 3 amide bonds. The largest absolute Gasteiger partial charge is 0.456 e. The number of hydrogen-bond acceptors (Lipinski definition) is 10. The fourth-order valence-corrected chi connectivity index (χ4v) is 6.45. The highest BCUT2D eigenvalue weighted by molar-refractivity contribution is 5.92. The van der Waals surface area contributed by atoms with Crippen LogP contribution in [0.1, 0.15) is 81.8 Å². The molecule has 2 unspecified atom stereocenters. The van der Waals surface area contributed by atoms with E-state index in [-0.39, 0.29) is 29.9 Å². The lowest BCUT2D eigenvalue weighted by Crippen LogP contribution is -2.59. The van der Waals surface area contributed by atoms with E-state index in [9.17, 15) is 24.0 Å². The molecule has 1 fully saturated rings. The Bertz CT molecular complexity index is 1420. The number of hydrazine groups is 1. The summed E-state index contributed by atoms with van der Waals surface area (Å²) in [6, 6.07) is 14.4. The molecule has 2 aromatic carbocycles. The molecule has 5 atom stereocenters. The number of ketones is 1. The number of nitrogens with zero attached hydrogens (tertiary/aromatic N) is 1. The number of ether oxygens (including phenoxy) is 3. The smallest absolute Gasteiger partial charge is 0.407 e. The normalized spacial score (nSPS) is 16.4. The van der Waals surface area contributed by atoms with Crippen LogP contribution in [0.5, 0.6) is 0 Å². The Hall–Kier alpha value is -4.49. The van der Waals surface area contributed by atoms with Crippen LogP contribution in [0.2, 0.25) is 0 Å². The van der Waals surface area contributed by atoms with Crippen LogP contribution in [0.4, 0.5) is 9.59 Å². The molecule has 0 heterocycles. The first kappa shape index (κ1) is 40.9. The number of esters is 1. The summed E-state index contributed by atoms with van der Waals surface area (Å²) in [7, 11) is 2.43. The minimum absolute atomic E-state index is 0.121. The van der Waals surface area contributed by atoms with Crippen molar-refractivity contribution in [2.45, 2.75) is 84.0 Å². The molecule has 0 radical (unpaired) electrons. The van der Waals surface area contributed by atoms with Crippen molar-refractivity contribution < 1.29 is 38.2 Å².